The number of hydrogen-bond acceptors (Lipinski definition) is 4. The van der Waals surface area contributed by atoms with E-state index in [2.05, 4.69) is 5.32 Å². The summed E-state index contributed by atoms with van der Waals surface area (Å²) in [5.74, 6) is 0.624. The zero-order valence-electron chi connectivity index (χ0n) is 16.2. The Kier molecular flexibility index (Phi) is 7.71. The lowest BCUT2D eigenvalue weighted by atomic mass is 10.2. The number of carbonyl (C=O) groups excluding carboxylic acids is 1. The smallest absolute Gasteiger partial charge is 0.232 e. The molecule has 0 aliphatic rings. The molecule has 0 unspecified atom stereocenters. The molecule has 0 radical (unpaired) electrons. The van der Waals surface area contributed by atoms with Crippen LogP contribution >= 0.6 is 11.6 Å². The SMILES string of the molecule is COc1ccc(CNC(=O)CCCN(c2cc(Cl)ccc2C)S(C)(=O)=O)cc1. The van der Waals surface area contributed by atoms with E-state index in [9.17, 15) is 13.2 Å². The Morgan fingerprint density at radius 3 is 2.46 bits per heavy atom. The summed E-state index contributed by atoms with van der Waals surface area (Å²) in [4.78, 5) is 12.1. The normalized spacial score (nSPS) is 11.1. The van der Waals surface area contributed by atoms with E-state index >= 15 is 0 Å². The van der Waals surface area contributed by atoms with Gasteiger partial charge < -0.3 is 10.1 Å². The summed E-state index contributed by atoms with van der Waals surface area (Å²) >= 11 is 6.02. The average molecular weight is 425 g/mol. The summed E-state index contributed by atoms with van der Waals surface area (Å²) in [6.07, 6.45) is 1.77. The molecule has 8 heteroatoms. The van der Waals surface area contributed by atoms with Crippen molar-refractivity contribution in [2.24, 2.45) is 0 Å². The highest BCUT2D eigenvalue weighted by atomic mass is 35.5. The number of nitrogens with one attached hydrogen (secondary N) is 1. The molecule has 2 aromatic rings. The zero-order chi connectivity index (χ0) is 20.7. The van der Waals surface area contributed by atoms with Crippen LogP contribution in [0.3, 0.4) is 0 Å². The Morgan fingerprint density at radius 1 is 1.18 bits per heavy atom. The number of anilines is 1. The van der Waals surface area contributed by atoms with Crippen LogP contribution < -0.4 is 14.4 Å². The van der Waals surface area contributed by atoms with Crippen molar-refractivity contribution in [1.29, 1.82) is 0 Å². The lowest BCUT2D eigenvalue weighted by molar-refractivity contribution is -0.121. The van der Waals surface area contributed by atoms with Crippen LogP contribution in [0.1, 0.15) is 24.0 Å². The van der Waals surface area contributed by atoms with Crippen LogP contribution in [-0.4, -0.2) is 34.2 Å². The van der Waals surface area contributed by atoms with E-state index in [0.29, 0.717) is 23.7 Å². The molecule has 2 rings (SSSR count). The van der Waals surface area contributed by atoms with Gasteiger partial charge in [-0.1, -0.05) is 29.8 Å². The minimum Gasteiger partial charge on any atom is -0.497 e. The summed E-state index contributed by atoms with van der Waals surface area (Å²) in [5, 5.41) is 3.30. The highest BCUT2D eigenvalue weighted by Crippen LogP contribution is 2.26. The van der Waals surface area contributed by atoms with Crippen LogP contribution in [0.5, 0.6) is 5.75 Å². The van der Waals surface area contributed by atoms with Crippen LogP contribution in [0.2, 0.25) is 5.02 Å². The Hall–Kier alpha value is -2.25. The van der Waals surface area contributed by atoms with E-state index in [1.165, 1.54) is 4.31 Å². The Morgan fingerprint density at radius 2 is 1.86 bits per heavy atom. The number of hydrogen-bond donors (Lipinski definition) is 1. The number of sulfonamides is 1. The van der Waals surface area contributed by atoms with Gasteiger partial charge in [-0.2, -0.15) is 0 Å². The fourth-order valence-corrected chi connectivity index (χ4v) is 3.91. The standard InChI is InChI=1S/C20H25ClN2O4S/c1-15-6-9-17(21)13-19(15)23(28(3,25)26)12-4-5-20(24)22-14-16-7-10-18(27-2)11-8-16/h6-11,13H,4-5,12,14H2,1-3H3,(H,22,24). The van der Waals surface area contributed by atoms with Crippen molar-refractivity contribution in [3.63, 3.8) is 0 Å². The van der Waals surface area contributed by atoms with Crippen molar-refractivity contribution in [3.05, 3.63) is 58.6 Å². The maximum atomic E-state index is 12.2. The first-order chi connectivity index (χ1) is 13.2. The second kappa shape index (κ2) is 9.80. The molecule has 0 heterocycles. The van der Waals surface area contributed by atoms with Crippen molar-refractivity contribution in [1.82, 2.24) is 5.32 Å². The minimum absolute atomic E-state index is 0.132. The first kappa shape index (κ1) is 22.0. The third-order valence-electron chi connectivity index (χ3n) is 4.25. The number of nitrogens with zero attached hydrogens (tertiary/aromatic N) is 1. The molecule has 0 aromatic heterocycles. The summed E-state index contributed by atoms with van der Waals surface area (Å²) in [6.45, 7) is 2.44. The van der Waals surface area contributed by atoms with E-state index in [4.69, 9.17) is 16.3 Å². The number of rotatable bonds is 9. The Bertz CT molecular complexity index is 914. The number of benzene rings is 2. The van der Waals surface area contributed by atoms with Crippen LogP contribution in [0.15, 0.2) is 42.5 Å². The first-order valence-corrected chi connectivity index (χ1v) is 11.1. The van der Waals surface area contributed by atoms with E-state index in [-0.39, 0.29) is 18.9 Å². The molecule has 0 spiro atoms. The molecule has 1 N–H and O–H groups in total. The van der Waals surface area contributed by atoms with Crippen LogP contribution in [-0.2, 0) is 21.4 Å². The lowest BCUT2D eigenvalue weighted by Crippen LogP contribution is -2.32. The maximum absolute atomic E-state index is 12.2. The molecule has 28 heavy (non-hydrogen) atoms. The third kappa shape index (κ3) is 6.42. The molecule has 0 saturated heterocycles. The monoisotopic (exact) mass is 424 g/mol. The molecular formula is C20H25ClN2O4S. The minimum atomic E-state index is -3.49. The first-order valence-electron chi connectivity index (χ1n) is 8.84. The summed E-state index contributed by atoms with van der Waals surface area (Å²) in [5.41, 5.74) is 2.30. The fourth-order valence-electron chi connectivity index (χ4n) is 2.73. The van der Waals surface area contributed by atoms with Crippen molar-refractivity contribution in [2.45, 2.75) is 26.3 Å². The van der Waals surface area contributed by atoms with Gasteiger partial charge in [-0.3, -0.25) is 9.10 Å². The Balaban J connectivity index is 1.91. The number of aryl methyl sites for hydroxylation is 1. The predicted molar refractivity (Wildman–Crippen MR) is 112 cm³/mol. The quantitative estimate of drug-likeness (QED) is 0.668. The largest absolute Gasteiger partial charge is 0.497 e. The van der Waals surface area contributed by atoms with E-state index in [1.807, 2.05) is 31.2 Å². The van der Waals surface area contributed by atoms with Gasteiger partial charge in [0.15, 0.2) is 0 Å². The lowest BCUT2D eigenvalue weighted by Gasteiger charge is -2.24. The van der Waals surface area contributed by atoms with Crippen LogP contribution in [0.4, 0.5) is 5.69 Å². The van der Waals surface area contributed by atoms with Crippen molar-refractivity contribution in [2.75, 3.05) is 24.2 Å². The molecule has 0 atom stereocenters. The summed E-state index contributed by atoms with van der Waals surface area (Å²) < 4.78 is 30.8. The van der Waals surface area contributed by atoms with E-state index < -0.39 is 10.0 Å². The van der Waals surface area contributed by atoms with E-state index in [1.54, 1.807) is 25.3 Å². The van der Waals surface area contributed by atoms with Gasteiger partial charge in [-0.05, 0) is 48.7 Å². The van der Waals surface area contributed by atoms with Gasteiger partial charge >= 0.3 is 0 Å². The van der Waals surface area contributed by atoms with Gasteiger partial charge in [0, 0.05) is 24.5 Å². The second-order valence-corrected chi connectivity index (χ2v) is 8.84. The molecule has 6 nitrogen and oxygen atoms in total. The highest BCUT2D eigenvalue weighted by Gasteiger charge is 2.19. The van der Waals surface area contributed by atoms with Crippen molar-refractivity contribution in [3.8, 4) is 5.75 Å². The van der Waals surface area contributed by atoms with Gasteiger partial charge in [-0.15, -0.1) is 0 Å². The Labute approximate surface area is 171 Å². The molecule has 0 saturated carbocycles. The number of amides is 1. The van der Waals surface area contributed by atoms with Crippen molar-refractivity contribution < 1.29 is 17.9 Å². The summed E-state index contributed by atoms with van der Waals surface area (Å²) in [6, 6.07) is 12.5. The van der Waals surface area contributed by atoms with Gasteiger partial charge in [0.1, 0.15) is 5.75 Å². The molecular weight excluding hydrogens is 400 g/mol. The molecule has 0 aliphatic heterocycles. The molecule has 1 amide bonds. The topological polar surface area (TPSA) is 75.7 Å². The number of methoxy groups -OCH3 is 1. The van der Waals surface area contributed by atoms with Gasteiger partial charge in [0.25, 0.3) is 0 Å². The number of ether oxygens (including phenoxy) is 1. The maximum Gasteiger partial charge on any atom is 0.232 e. The fraction of sp³-hybridized carbons (Fsp3) is 0.350. The van der Waals surface area contributed by atoms with Gasteiger partial charge in [-0.25, -0.2) is 8.42 Å². The predicted octanol–water partition coefficient (Wildman–Crippen LogP) is 3.52. The van der Waals surface area contributed by atoms with Crippen LogP contribution in [0, 0.1) is 6.92 Å². The van der Waals surface area contributed by atoms with Gasteiger partial charge in [0.05, 0.1) is 19.1 Å². The summed E-state index contributed by atoms with van der Waals surface area (Å²) in [7, 11) is -1.89. The number of halogens is 1. The molecule has 2 aromatic carbocycles. The van der Waals surface area contributed by atoms with Crippen LogP contribution in [0.25, 0.3) is 0 Å². The molecule has 0 bridgehead atoms. The zero-order valence-corrected chi connectivity index (χ0v) is 17.8. The molecule has 0 aliphatic carbocycles. The third-order valence-corrected chi connectivity index (χ3v) is 5.67. The van der Waals surface area contributed by atoms with Crippen molar-refractivity contribution >= 4 is 33.2 Å². The van der Waals surface area contributed by atoms with Gasteiger partial charge in [0.2, 0.25) is 15.9 Å². The highest BCUT2D eigenvalue weighted by molar-refractivity contribution is 7.92. The second-order valence-electron chi connectivity index (χ2n) is 6.49. The molecule has 152 valence electrons. The van der Waals surface area contributed by atoms with E-state index in [0.717, 1.165) is 23.1 Å². The number of carbonyl (C=O) groups is 1. The molecule has 0 fully saturated rings. The average Bonchev–Trinajstić information content (AvgIpc) is 2.65.